The van der Waals surface area contributed by atoms with Crippen LogP contribution in [0.1, 0.15) is 17.5 Å². The molecule has 0 saturated heterocycles. The molecule has 5 rings (SSSR count). The van der Waals surface area contributed by atoms with E-state index in [2.05, 4.69) is 14.9 Å². The van der Waals surface area contributed by atoms with Gasteiger partial charge in [0.1, 0.15) is 5.75 Å². The number of methoxy groups -OCH3 is 1. The fourth-order valence-electron chi connectivity index (χ4n) is 4.37. The molecular formula is C25H21FN4O5S2. The van der Waals surface area contributed by atoms with Crippen molar-refractivity contribution in [3.63, 3.8) is 0 Å². The quantitative estimate of drug-likeness (QED) is 0.364. The summed E-state index contributed by atoms with van der Waals surface area (Å²) in [5.74, 6) is -0.399. The van der Waals surface area contributed by atoms with Crippen LogP contribution in [0.2, 0.25) is 0 Å². The van der Waals surface area contributed by atoms with E-state index in [0.29, 0.717) is 35.4 Å². The van der Waals surface area contributed by atoms with E-state index in [9.17, 15) is 18.0 Å². The van der Waals surface area contributed by atoms with Gasteiger partial charge in [-0.3, -0.25) is 14.3 Å². The lowest BCUT2D eigenvalue weighted by molar-refractivity contribution is 0.415. The van der Waals surface area contributed by atoms with Gasteiger partial charge in [0.2, 0.25) is 10.0 Å². The van der Waals surface area contributed by atoms with E-state index in [1.165, 1.54) is 30.7 Å². The minimum Gasteiger partial charge on any atom is -0.495 e. The first-order valence-electron chi connectivity index (χ1n) is 11.1. The van der Waals surface area contributed by atoms with Crippen LogP contribution in [0.3, 0.4) is 0 Å². The number of benzene rings is 2. The van der Waals surface area contributed by atoms with Gasteiger partial charge in [-0.05, 0) is 41.5 Å². The van der Waals surface area contributed by atoms with E-state index >= 15 is 4.39 Å². The zero-order chi connectivity index (χ0) is 26.3. The molecule has 0 aliphatic heterocycles. The first kappa shape index (κ1) is 24.7. The van der Waals surface area contributed by atoms with Crippen molar-refractivity contribution >= 4 is 27.1 Å². The van der Waals surface area contributed by atoms with Gasteiger partial charge >= 0.3 is 5.69 Å². The van der Waals surface area contributed by atoms with E-state index in [-0.39, 0.29) is 11.3 Å². The zero-order valence-corrected chi connectivity index (χ0v) is 21.4. The third kappa shape index (κ3) is 4.72. The summed E-state index contributed by atoms with van der Waals surface area (Å²) in [5, 5.41) is 5.90. The maximum atomic E-state index is 16.2. The Morgan fingerprint density at radius 2 is 1.95 bits per heavy atom. The monoisotopic (exact) mass is 540 g/mol. The second-order valence-electron chi connectivity index (χ2n) is 8.42. The van der Waals surface area contributed by atoms with E-state index in [4.69, 9.17) is 4.74 Å². The van der Waals surface area contributed by atoms with Crippen LogP contribution >= 0.6 is 11.3 Å². The minimum absolute atomic E-state index is 0.0412. The molecule has 37 heavy (non-hydrogen) atoms. The summed E-state index contributed by atoms with van der Waals surface area (Å²) >= 11 is 1.43. The lowest BCUT2D eigenvalue weighted by Gasteiger charge is -2.18. The molecule has 4 aromatic rings. The molecule has 2 aromatic carbocycles. The van der Waals surface area contributed by atoms with Crippen molar-refractivity contribution in [2.75, 3.05) is 13.4 Å². The maximum absolute atomic E-state index is 16.2. The van der Waals surface area contributed by atoms with Crippen LogP contribution in [-0.2, 0) is 16.4 Å². The van der Waals surface area contributed by atoms with Crippen LogP contribution in [0.5, 0.6) is 5.75 Å². The number of nitrogens with zero attached hydrogens (tertiary/aromatic N) is 2. The molecule has 0 spiro atoms. The first-order chi connectivity index (χ1) is 17.7. The number of nitrogens with one attached hydrogen (secondary N) is 2. The van der Waals surface area contributed by atoms with E-state index in [1.54, 1.807) is 12.1 Å². The Balaban J connectivity index is 1.73. The van der Waals surface area contributed by atoms with Crippen LogP contribution < -0.4 is 20.8 Å². The molecule has 9 nitrogen and oxygen atoms in total. The number of halogens is 1. The Hall–Kier alpha value is -4.03. The largest absolute Gasteiger partial charge is 0.495 e. The lowest BCUT2D eigenvalue weighted by Crippen LogP contribution is -2.28. The number of hydrogen-bond acceptors (Lipinski definition) is 7. The molecule has 2 heterocycles. The van der Waals surface area contributed by atoms with Gasteiger partial charge in [-0.2, -0.15) is 5.10 Å². The number of thiophene rings is 1. The van der Waals surface area contributed by atoms with E-state index in [0.717, 1.165) is 32.9 Å². The number of hydrazone groups is 1. The van der Waals surface area contributed by atoms with E-state index < -0.39 is 27.1 Å². The smallest absolute Gasteiger partial charge is 0.333 e. The molecule has 1 aliphatic carbocycles. The van der Waals surface area contributed by atoms with Crippen molar-refractivity contribution in [3.8, 4) is 33.0 Å². The topological polar surface area (TPSA) is 123 Å². The Labute approximate surface area is 214 Å². The fraction of sp³-hybridized carbons (Fsp3) is 0.160. The van der Waals surface area contributed by atoms with Gasteiger partial charge in [0.15, 0.2) is 5.82 Å². The van der Waals surface area contributed by atoms with Gasteiger partial charge in [0.25, 0.3) is 5.56 Å². The molecule has 1 aliphatic rings. The molecule has 190 valence electrons. The summed E-state index contributed by atoms with van der Waals surface area (Å²) in [6.07, 6.45) is 3.37. The van der Waals surface area contributed by atoms with Gasteiger partial charge in [0.05, 0.1) is 30.3 Å². The van der Waals surface area contributed by atoms with Crippen molar-refractivity contribution < 1.29 is 17.5 Å². The molecule has 2 N–H and O–H groups in total. The van der Waals surface area contributed by atoms with Crippen LogP contribution in [0.4, 0.5) is 4.39 Å². The molecule has 0 unspecified atom stereocenters. The number of ether oxygens (including phenoxy) is 1. The summed E-state index contributed by atoms with van der Waals surface area (Å²) in [6.45, 7) is 0. The summed E-state index contributed by atoms with van der Waals surface area (Å²) in [7, 11) is -2.04. The zero-order valence-electron chi connectivity index (χ0n) is 19.7. The van der Waals surface area contributed by atoms with Crippen LogP contribution in [0.15, 0.2) is 68.7 Å². The molecule has 0 radical (unpaired) electrons. The highest BCUT2D eigenvalue weighted by atomic mass is 32.2. The average molecular weight is 541 g/mol. The number of aromatic nitrogens is 2. The van der Waals surface area contributed by atoms with Crippen LogP contribution in [0.25, 0.3) is 27.3 Å². The Morgan fingerprint density at radius 3 is 2.62 bits per heavy atom. The third-order valence-electron chi connectivity index (χ3n) is 5.95. The highest BCUT2D eigenvalue weighted by Crippen LogP contribution is 2.45. The standard InChI is InChI=1S/C25H21FN4O5S2/c1-35-24-17(20-4-3-11-36-20)13-19(30-10-9-21(31)27-25(30)32)23(26)22(24)15-5-7-16-14(12-15)6-8-18(16)28-29-37(2,33)34/h3-5,7,9-13,29H,6,8H2,1-2H3,(H,27,31,32). The van der Waals surface area contributed by atoms with Gasteiger partial charge in [-0.25, -0.2) is 22.4 Å². The minimum atomic E-state index is -3.50. The van der Waals surface area contributed by atoms with E-state index in [1.807, 2.05) is 23.6 Å². The normalized spacial score (nSPS) is 14.1. The number of fused-ring (bicyclic) bond motifs is 1. The van der Waals surface area contributed by atoms with Crippen molar-refractivity contribution in [2.24, 2.45) is 5.10 Å². The summed E-state index contributed by atoms with van der Waals surface area (Å²) in [4.78, 5) is 29.3. The summed E-state index contributed by atoms with van der Waals surface area (Å²) in [6, 6.07) is 11.7. The molecule has 0 bridgehead atoms. The fourth-order valence-corrected chi connectivity index (χ4v) is 5.39. The Kier molecular flexibility index (Phi) is 6.30. The van der Waals surface area contributed by atoms with Crippen molar-refractivity contribution in [1.82, 2.24) is 14.4 Å². The highest BCUT2D eigenvalue weighted by molar-refractivity contribution is 7.88. The van der Waals surface area contributed by atoms with Crippen molar-refractivity contribution in [1.29, 1.82) is 0 Å². The summed E-state index contributed by atoms with van der Waals surface area (Å²) < 4.78 is 45.9. The number of H-pyrrole nitrogens is 1. The van der Waals surface area contributed by atoms with Gasteiger partial charge in [0, 0.05) is 28.3 Å². The number of sulfonamides is 1. The van der Waals surface area contributed by atoms with Gasteiger partial charge < -0.3 is 4.74 Å². The van der Waals surface area contributed by atoms with Crippen molar-refractivity contribution in [2.45, 2.75) is 12.8 Å². The van der Waals surface area contributed by atoms with Gasteiger partial charge in [-0.1, -0.05) is 24.3 Å². The number of rotatable bonds is 6. The Bertz CT molecular complexity index is 1770. The molecule has 12 heteroatoms. The number of aryl methyl sites for hydroxylation is 1. The van der Waals surface area contributed by atoms with Gasteiger partial charge in [-0.15, -0.1) is 11.3 Å². The average Bonchev–Trinajstić information content (AvgIpc) is 3.52. The maximum Gasteiger partial charge on any atom is 0.333 e. The second-order valence-corrected chi connectivity index (χ2v) is 11.1. The van der Waals surface area contributed by atoms with Crippen molar-refractivity contribution in [3.05, 3.63) is 91.8 Å². The second kappa shape index (κ2) is 9.45. The summed E-state index contributed by atoms with van der Waals surface area (Å²) in [5.41, 5.74) is 2.09. The molecule has 0 saturated carbocycles. The van der Waals surface area contributed by atoms with Crippen LogP contribution in [-0.4, -0.2) is 37.0 Å². The predicted molar refractivity (Wildman–Crippen MR) is 141 cm³/mol. The predicted octanol–water partition coefficient (Wildman–Crippen LogP) is 3.27. The molecule has 0 atom stereocenters. The molecular weight excluding hydrogens is 519 g/mol. The molecule has 0 fully saturated rings. The Morgan fingerprint density at radius 1 is 1.14 bits per heavy atom. The SMILES string of the molecule is COc1c(-c2cccs2)cc(-n2ccc(=O)[nH]c2=O)c(F)c1-c1ccc2c(c1)CCC2=NNS(C)(=O)=O. The van der Waals surface area contributed by atoms with Crippen LogP contribution in [0, 0.1) is 5.82 Å². The lowest BCUT2D eigenvalue weighted by atomic mass is 9.95. The number of aromatic amines is 1. The number of hydrogen-bond donors (Lipinski definition) is 2. The third-order valence-corrected chi connectivity index (χ3v) is 7.28. The first-order valence-corrected chi connectivity index (χ1v) is 13.9. The highest BCUT2D eigenvalue weighted by Gasteiger charge is 2.26. The molecule has 2 aromatic heterocycles. The molecule has 0 amide bonds.